The maximum atomic E-state index is 4.35. The van der Waals surface area contributed by atoms with E-state index < -0.39 is 0 Å². The lowest BCUT2D eigenvalue weighted by molar-refractivity contribution is 1.14. The third-order valence-electron chi connectivity index (χ3n) is 2.43. The van der Waals surface area contributed by atoms with Gasteiger partial charge < -0.3 is 0 Å². The minimum atomic E-state index is 0.660. The molecule has 0 fully saturated rings. The van der Waals surface area contributed by atoms with Gasteiger partial charge in [0.2, 0.25) is 0 Å². The average Bonchev–Trinajstić information content (AvgIpc) is 2.39. The van der Waals surface area contributed by atoms with E-state index in [-0.39, 0.29) is 0 Å². The number of fused-ring (bicyclic) bond motifs is 1. The smallest absolute Gasteiger partial charge is 0.178 e. The summed E-state index contributed by atoms with van der Waals surface area (Å²) in [6.07, 6.45) is 5.29. The molecule has 0 aliphatic rings. The predicted octanol–water partition coefficient (Wildman–Crippen LogP) is 2.69. The van der Waals surface area contributed by atoms with Crippen LogP contribution in [0, 0.1) is 0 Å². The first-order chi connectivity index (χ1) is 7.93. The molecule has 2 heterocycles. The molecule has 0 N–H and O–H groups in total. The van der Waals surface area contributed by atoms with Crippen LogP contribution in [-0.4, -0.2) is 15.0 Å². The van der Waals surface area contributed by atoms with E-state index in [1.165, 1.54) is 0 Å². The minimum Gasteiger partial charge on any atom is -0.252 e. The van der Waals surface area contributed by atoms with Gasteiger partial charge in [-0.1, -0.05) is 24.3 Å². The summed E-state index contributed by atoms with van der Waals surface area (Å²) >= 11 is 0. The van der Waals surface area contributed by atoms with Crippen LogP contribution in [0.3, 0.4) is 0 Å². The van der Waals surface area contributed by atoms with Crippen LogP contribution >= 0.6 is 0 Å². The fourth-order valence-electron chi connectivity index (χ4n) is 1.64. The molecule has 0 aliphatic carbocycles. The number of aromatic nitrogens is 3. The topological polar surface area (TPSA) is 38.7 Å². The van der Waals surface area contributed by atoms with Crippen LogP contribution in [0.2, 0.25) is 0 Å². The number of pyridine rings is 1. The van der Waals surface area contributed by atoms with Crippen molar-refractivity contribution in [3.05, 3.63) is 55.0 Å². The van der Waals surface area contributed by atoms with Crippen molar-refractivity contribution in [2.45, 2.75) is 0 Å². The summed E-state index contributed by atoms with van der Waals surface area (Å²) in [4.78, 5) is 12.7. The van der Waals surface area contributed by atoms with Gasteiger partial charge >= 0.3 is 0 Å². The monoisotopic (exact) mass is 207 g/mol. The quantitative estimate of drug-likeness (QED) is 0.615. The Hall–Kier alpha value is -2.29. The second-order valence-electron chi connectivity index (χ2n) is 3.49. The lowest BCUT2D eigenvalue weighted by atomic mass is 10.1. The highest BCUT2D eigenvalue weighted by atomic mass is 14.9. The highest BCUT2D eigenvalue weighted by molar-refractivity contribution is 5.84. The van der Waals surface area contributed by atoms with Gasteiger partial charge in [-0.25, -0.2) is 9.97 Å². The molecule has 0 saturated heterocycles. The Bertz CT molecular complexity index is 620. The second-order valence-corrected chi connectivity index (χ2v) is 3.49. The van der Waals surface area contributed by atoms with Crippen LogP contribution in [0.15, 0.2) is 55.0 Å². The van der Waals surface area contributed by atoms with E-state index in [2.05, 4.69) is 21.0 Å². The maximum absolute atomic E-state index is 4.35. The average molecular weight is 207 g/mol. The van der Waals surface area contributed by atoms with Crippen molar-refractivity contribution in [2.75, 3.05) is 0 Å². The molecule has 0 radical (unpaired) electrons. The van der Waals surface area contributed by atoms with Crippen molar-refractivity contribution in [1.82, 2.24) is 15.0 Å². The lowest BCUT2D eigenvalue weighted by Gasteiger charge is -2.00. The van der Waals surface area contributed by atoms with E-state index >= 15 is 0 Å². The SMILES string of the molecule is c1cnc(-c2cc3ccccc3cn2)nc1. The van der Waals surface area contributed by atoms with E-state index in [0.717, 1.165) is 16.5 Å². The number of rotatable bonds is 1. The molecule has 0 spiro atoms. The summed E-state index contributed by atoms with van der Waals surface area (Å²) in [7, 11) is 0. The Morgan fingerprint density at radius 1 is 0.750 bits per heavy atom. The first-order valence-electron chi connectivity index (χ1n) is 5.06. The molecule has 3 nitrogen and oxygen atoms in total. The van der Waals surface area contributed by atoms with Gasteiger partial charge in [0.1, 0.15) is 5.69 Å². The van der Waals surface area contributed by atoms with Crippen molar-refractivity contribution in [3.63, 3.8) is 0 Å². The molecule has 16 heavy (non-hydrogen) atoms. The number of hydrogen-bond donors (Lipinski definition) is 0. The minimum absolute atomic E-state index is 0.660. The fourth-order valence-corrected chi connectivity index (χ4v) is 1.64. The molecule has 2 aromatic heterocycles. The fraction of sp³-hybridized carbons (Fsp3) is 0. The van der Waals surface area contributed by atoms with Gasteiger partial charge in [0.25, 0.3) is 0 Å². The Balaban J connectivity index is 2.19. The Labute approximate surface area is 92.8 Å². The molecule has 1 aromatic carbocycles. The van der Waals surface area contributed by atoms with Crippen LogP contribution in [0.4, 0.5) is 0 Å². The van der Waals surface area contributed by atoms with Gasteiger partial charge in [0.05, 0.1) is 0 Å². The Morgan fingerprint density at radius 3 is 2.31 bits per heavy atom. The van der Waals surface area contributed by atoms with Crippen LogP contribution in [0.5, 0.6) is 0 Å². The normalized spacial score (nSPS) is 10.5. The highest BCUT2D eigenvalue weighted by Crippen LogP contribution is 2.18. The number of benzene rings is 1. The van der Waals surface area contributed by atoms with E-state index in [1.807, 2.05) is 30.5 Å². The first kappa shape index (κ1) is 8.97. The zero-order chi connectivity index (χ0) is 10.8. The third-order valence-corrected chi connectivity index (χ3v) is 2.43. The van der Waals surface area contributed by atoms with Gasteiger partial charge in [-0.15, -0.1) is 0 Å². The zero-order valence-corrected chi connectivity index (χ0v) is 8.54. The van der Waals surface area contributed by atoms with Crippen LogP contribution in [-0.2, 0) is 0 Å². The van der Waals surface area contributed by atoms with Crippen LogP contribution in [0.1, 0.15) is 0 Å². The summed E-state index contributed by atoms with van der Waals surface area (Å²) in [5.41, 5.74) is 0.805. The molecule has 0 amide bonds. The van der Waals surface area contributed by atoms with E-state index in [9.17, 15) is 0 Å². The first-order valence-corrected chi connectivity index (χ1v) is 5.06. The maximum Gasteiger partial charge on any atom is 0.178 e. The van der Waals surface area contributed by atoms with Crippen molar-refractivity contribution < 1.29 is 0 Å². The molecular weight excluding hydrogens is 198 g/mol. The predicted molar refractivity (Wildman–Crippen MR) is 62.8 cm³/mol. The van der Waals surface area contributed by atoms with E-state index in [4.69, 9.17) is 0 Å². The number of nitrogens with zero attached hydrogens (tertiary/aromatic N) is 3. The lowest BCUT2D eigenvalue weighted by Crippen LogP contribution is -1.89. The molecule has 0 bridgehead atoms. The molecule has 0 aliphatic heterocycles. The zero-order valence-electron chi connectivity index (χ0n) is 8.54. The van der Waals surface area contributed by atoms with Crippen molar-refractivity contribution in [2.24, 2.45) is 0 Å². The van der Waals surface area contributed by atoms with Crippen molar-refractivity contribution in [1.29, 1.82) is 0 Å². The molecule has 76 valence electrons. The van der Waals surface area contributed by atoms with Crippen LogP contribution in [0.25, 0.3) is 22.3 Å². The molecule has 3 rings (SSSR count). The van der Waals surface area contributed by atoms with Gasteiger partial charge in [0, 0.05) is 24.0 Å². The van der Waals surface area contributed by atoms with Crippen molar-refractivity contribution in [3.8, 4) is 11.5 Å². The summed E-state index contributed by atoms with van der Waals surface area (Å²) in [5.74, 6) is 0.660. The molecule has 0 atom stereocenters. The van der Waals surface area contributed by atoms with Gasteiger partial charge in [-0.05, 0) is 17.5 Å². The van der Waals surface area contributed by atoms with Gasteiger partial charge in [-0.2, -0.15) is 0 Å². The summed E-state index contributed by atoms with van der Waals surface area (Å²) < 4.78 is 0. The molecule has 3 heteroatoms. The standard InChI is InChI=1S/C13H9N3/c1-2-5-11-9-16-12(8-10(11)4-1)13-14-6-3-7-15-13/h1-9H. The van der Waals surface area contributed by atoms with Crippen LogP contribution < -0.4 is 0 Å². The second kappa shape index (κ2) is 3.70. The van der Waals surface area contributed by atoms with Gasteiger partial charge in [-0.3, -0.25) is 4.98 Å². The van der Waals surface area contributed by atoms with E-state index in [0.29, 0.717) is 5.82 Å². The summed E-state index contributed by atoms with van der Waals surface area (Å²) in [5, 5.41) is 2.28. The molecule has 3 aromatic rings. The summed E-state index contributed by atoms with van der Waals surface area (Å²) in [6.45, 7) is 0. The largest absolute Gasteiger partial charge is 0.252 e. The molecule has 0 unspecified atom stereocenters. The highest BCUT2D eigenvalue weighted by Gasteiger charge is 2.02. The number of hydrogen-bond acceptors (Lipinski definition) is 3. The Morgan fingerprint density at radius 2 is 1.50 bits per heavy atom. The van der Waals surface area contributed by atoms with Gasteiger partial charge in [0.15, 0.2) is 5.82 Å². The Kier molecular flexibility index (Phi) is 2.07. The van der Waals surface area contributed by atoms with Crippen molar-refractivity contribution >= 4 is 10.8 Å². The van der Waals surface area contributed by atoms with E-state index in [1.54, 1.807) is 18.5 Å². The molecule has 0 saturated carbocycles. The summed E-state index contributed by atoms with van der Waals surface area (Å²) in [6, 6.07) is 11.9. The molecular formula is C13H9N3. The third kappa shape index (κ3) is 1.52.